The average Bonchev–Trinajstić information content (AvgIpc) is 3.56. The predicted molar refractivity (Wildman–Crippen MR) is 207 cm³/mol. The van der Waals surface area contributed by atoms with E-state index in [1.165, 1.54) is 82.8 Å². The molecule has 0 bridgehead atoms. The van der Waals surface area contributed by atoms with E-state index in [1.54, 1.807) is 0 Å². The summed E-state index contributed by atoms with van der Waals surface area (Å²) in [6.07, 6.45) is 1.12. The van der Waals surface area contributed by atoms with Gasteiger partial charge < -0.3 is 9.13 Å². The quantitative estimate of drug-likeness (QED) is 0.180. The monoisotopic (exact) mass is 624 g/mol. The molecule has 0 aliphatic rings. The number of para-hydroxylation sites is 2. The van der Waals surface area contributed by atoms with Gasteiger partial charge in [-0.15, -0.1) is 0 Å². The fraction of sp³-hybridized carbons (Fsp3) is 0.217. The molecule has 2 nitrogen and oxygen atoms in total. The van der Waals surface area contributed by atoms with Gasteiger partial charge in [0.05, 0.1) is 22.1 Å². The molecule has 8 aromatic rings. The van der Waals surface area contributed by atoms with Crippen molar-refractivity contribution in [2.75, 3.05) is 0 Å². The highest BCUT2D eigenvalue weighted by atomic mass is 15.0. The summed E-state index contributed by atoms with van der Waals surface area (Å²) in [5.41, 5.74) is 14.1. The Morgan fingerprint density at radius 2 is 1.15 bits per heavy atom. The van der Waals surface area contributed by atoms with Crippen LogP contribution in [0.4, 0.5) is 0 Å². The molecule has 238 valence electrons. The van der Waals surface area contributed by atoms with Crippen molar-refractivity contribution in [3.63, 3.8) is 0 Å². The molecule has 2 heteroatoms. The van der Waals surface area contributed by atoms with Gasteiger partial charge in [-0.1, -0.05) is 125 Å². The van der Waals surface area contributed by atoms with Crippen LogP contribution in [0.15, 0.2) is 127 Å². The van der Waals surface area contributed by atoms with Gasteiger partial charge in [-0.05, 0) is 95.8 Å². The topological polar surface area (TPSA) is 9.86 Å². The average molecular weight is 625 g/mol. The van der Waals surface area contributed by atoms with Crippen LogP contribution >= 0.6 is 0 Å². The number of rotatable bonds is 5. The zero-order valence-electron chi connectivity index (χ0n) is 29.2. The summed E-state index contributed by atoms with van der Waals surface area (Å²) < 4.78 is 4.94. The van der Waals surface area contributed by atoms with Crippen molar-refractivity contribution in [2.24, 2.45) is 5.41 Å². The first-order valence-electron chi connectivity index (χ1n) is 17.2. The lowest BCUT2D eigenvalue weighted by Crippen LogP contribution is -2.25. The summed E-state index contributed by atoms with van der Waals surface area (Å²) in [5, 5.41) is 5.11. The second-order valence-corrected chi connectivity index (χ2v) is 15.7. The summed E-state index contributed by atoms with van der Waals surface area (Å²) in [7, 11) is 0. The lowest BCUT2D eigenvalue weighted by Gasteiger charge is -2.33. The lowest BCUT2D eigenvalue weighted by atomic mass is 9.71. The smallest absolute Gasteiger partial charge is 0.0641 e. The molecule has 0 spiro atoms. The Morgan fingerprint density at radius 1 is 0.479 bits per heavy atom. The van der Waals surface area contributed by atoms with Gasteiger partial charge in [-0.2, -0.15) is 0 Å². The lowest BCUT2D eigenvalue weighted by molar-refractivity contribution is 0.284. The van der Waals surface area contributed by atoms with E-state index in [2.05, 4.69) is 185 Å². The summed E-state index contributed by atoms with van der Waals surface area (Å²) in [5.74, 6) is 0. The van der Waals surface area contributed by atoms with Crippen LogP contribution in [0.25, 0.3) is 66.1 Å². The molecule has 2 aromatic heterocycles. The number of aryl methyl sites for hydroxylation is 2. The van der Waals surface area contributed by atoms with Crippen molar-refractivity contribution in [3.05, 3.63) is 144 Å². The van der Waals surface area contributed by atoms with Crippen LogP contribution < -0.4 is 0 Å². The molecule has 0 unspecified atom stereocenters. The number of hydrogen-bond donors (Lipinski definition) is 0. The first-order chi connectivity index (χ1) is 23.0. The van der Waals surface area contributed by atoms with Gasteiger partial charge in [0.15, 0.2) is 0 Å². The standard InChI is InChI=1S/C46H44N2/c1-30-14-12-16-35(26-30)48-40-20-10-8-18-37(40)38-22-23-42-43(44(38)48)39-19-9-11-21-41(39)47(42)36-17-13-15-32(28-36)33-24-31(2)25-34(27-33)46(6,7)29-45(3,4)5/h8-28H,29H2,1-7H3. The third-order valence-corrected chi connectivity index (χ3v) is 10.00. The van der Waals surface area contributed by atoms with Crippen molar-refractivity contribution >= 4 is 43.6 Å². The molecule has 0 saturated carbocycles. The fourth-order valence-corrected chi connectivity index (χ4v) is 8.41. The van der Waals surface area contributed by atoms with E-state index in [0.29, 0.717) is 0 Å². The maximum atomic E-state index is 2.47. The van der Waals surface area contributed by atoms with Gasteiger partial charge in [0.1, 0.15) is 0 Å². The highest BCUT2D eigenvalue weighted by molar-refractivity contribution is 6.26. The Kier molecular flexibility index (Phi) is 6.93. The highest BCUT2D eigenvalue weighted by Crippen LogP contribution is 2.43. The molecular formula is C46H44N2. The summed E-state index contributed by atoms with van der Waals surface area (Å²) in [4.78, 5) is 0. The molecule has 0 aliphatic heterocycles. The van der Waals surface area contributed by atoms with Gasteiger partial charge in [0.25, 0.3) is 0 Å². The van der Waals surface area contributed by atoms with E-state index >= 15 is 0 Å². The Labute approximate surface area is 284 Å². The van der Waals surface area contributed by atoms with Gasteiger partial charge in [0, 0.05) is 32.9 Å². The molecular weight excluding hydrogens is 581 g/mol. The Balaban J connectivity index is 1.38. The van der Waals surface area contributed by atoms with Crippen LogP contribution in [0.3, 0.4) is 0 Å². The van der Waals surface area contributed by atoms with Crippen molar-refractivity contribution in [1.82, 2.24) is 9.13 Å². The minimum atomic E-state index is 0.0740. The van der Waals surface area contributed by atoms with Crippen LogP contribution in [-0.2, 0) is 5.41 Å². The maximum Gasteiger partial charge on any atom is 0.0641 e. The Hall–Kier alpha value is -5.08. The molecule has 8 rings (SSSR count). The van der Waals surface area contributed by atoms with Crippen LogP contribution in [0.5, 0.6) is 0 Å². The van der Waals surface area contributed by atoms with Crippen LogP contribution in [0.1, 0.15) is 57.7 Å². The predicted octanol–water partition coefficient (Wildman–Crippen LogP) is 12.9. The molecule has 0 amide bonds. The van der Waals surface area contributed by atoms with E-state index in [1.807, 2.05) is 0 Å². The minimum absolute atomic E-state index is 0.0740. The molecule has 0 radical (unpaired) electrons. The Bertz CT molecular complexity index is 2510. The normalized spacial score (nSPS) is 12.6. The molecule has 2 heterocycles. The SMILES string of the molecule is Cc1cccc(-n2c3ccccc3c3ccc4c(c5ccccc5n4-c4cccc(-c5cc(C)cc(C(C)(C)CC(C)(C)C)c5)c4)c32)c1. The molecule has 0 atom stereocenters. The van der Waals surface area contributed by atoms with E-state index in [-0.39, 0.29) is 10.8 Å². The Morgan fingerprint density at radius 3 is 1.88 bits per heavy atom. The largest absolute Gasteiger partial charge is 0.309 e. The number of benzene rings is 6. The van der Waals surface area contributed by atoms with Crippen molar-refractivity contribution in [1.29, 1.82) is 0 Å². The van der Waals surface area contributed by atoms with Gasteiger partial charge in [0.2, 0.25) is 0 Å². The fourth-order valence-electron chi connectivity index (χ4n) is 8.41. The zero-order valence-corrected chi connectivity index (χ0v) is 29.2. The second kappa shape index (κ2) is 11.0. The molecule has 48 heavy (non-hydrogen) atoms. The third-order valence-electron chi connectivity index (χ3n) is 10.00. The minimum Gasteiger partial charge on any atom is -0.309 e. The van der Waals surface area contributed by atoms with Crippen molar-refractivity contribution < 1.29 is 0 Å². The van der Waals surface area contributed by atoms with E-state index in [4.69, 9.17) is 0 Å². The second-order valence-electron chi connectivity index (χ2n) is 15.7. The van der Waals surface area contributed by atoms with Crippen LogP contribution in [-0.4, -0.2) is 9.13 Å². The van der Waals surface area contributed by atoms with Gasteiger partial charge in [-0.25, -0.2) is 0 Å². The molecule has 0 N–H and O–H groups in total. The van der Waals surface area contributed by atoms with E-state index in [9.17, 15) is 0 Å². The van der Waals surface area contributed by atoms with E-state index in [0.717, 1.165) is 6.42 Å². The van der Waals surface area contributed by atoms with Crippen molar-refractivity contribution in [3.8, 4) is 22.5 Å². The molecule has 0 aliphatic carbocycles. The first-order valence-corrected chi connectivity index (χ1v) is 17.2. The van der Waals surface area contributed by atoms with E-state index < -0.39 is 0 Å². The van der Waals surface area contributed by atoms with Crippen LogP contribution in [0.2, 0.25) is 0 Å². The first kappa shape index (κ1) is 30.3. The van der Waals surface area contributed by atoms with Gasteiger partial charge >= 0.3 is 0 Å². The summed E-state index contributed by atoms with van der Waals surface area (Å²) >= 11 is 0. The summed E-state index contributed by atoms with van der Waals surface area (Å²) in [6, 6.07) is 47.5. The van der Waals surface area contributed by atoms with Crippen molar-refractivity contribution in [2.45, 2.75) is 60.3 Å². The third kappa shape index (κ3) is 5.02. The zero-order chi connectivity index (χ0) is 33.4. The molecule has 6 aromatic carbocycles. The number of hydrogen-bond acceptors (Lipinski definition) is 0. The number of nitrogens with zero attached hydrogens (tertiary/aromatic N) is 2. The maximum absolute atomic E-state index is 2.47. The summed E-state index contributed by atoms with van der Waals surface area (Å²) in [6.45, 7) is 16.2. The van der Waals surface area contributed by atoms with Gasteiger partial charge in [-0.3, -0.25) is 0 Å². The number of aromatic nitrogens is 2. The molecule has 0 saturated heterocycles. The highest BCUT2D eigenvalue weighted by Gasteiger charge is 2.28. The molecule has 0 fully saturated rings. The van der Waals surface area contributed by atoms with Crippen LogP contribution in [0, 0.1) is 19.3 Å². The number of fused-ring (bicyclic) bond motifs is 7.